The highest BCUT2D eigenvalue weighted by Gasteiger charge is 2.41. The lowest BCUT2D eigenvalue weighted by atomic mass is 10.1. The van der Waals surface area contributed by atoms with Crippen molar-refractivity contribution in [1.82, 2.24) is 9.71 Å². The van der Waals surface area contributed by atoms with Gasteiger partial charge in [0.2, 0.25) is 10.0 Å². The molecule has 1 aromatic carbocycles. The van der Waals surface area contributed by atoms with Crippen molar-refractivity contribution in [3.8, 4) is 9.88 Å². The lowest BCUT2D eigenvalue weighted by molar-refractivity contribution is -0.140. The number of thiazole rings is 1. The number of alkyl halides is 3. The number of nitrogens with zero attached hydrogens (tertiary/aromatic N) is 1. The Bertz CT molecular complexity index is 1060. The minimum atomic E-state index is -4.51. The maximum Gasteiger partial charge on any atom is 0.434 e. The number of aromatic nitrogens is 1. The molecule has 2 heterocycles. The fourth-order valence-electron chi connectivity index (χ4n) is 2.75. The zero-order chi connectivity index (χ0) is 19.2. The molecule has 0 bridgehead atoms. The van der Waals surface area contributed by atoms with Crippen molar-refractivity contribution in [2.24, 2.45) is 0 Å². The summed E-state index contributed by atoms with van der Waals surface area (Å²) in [7, 11) is -3.72. The van der Waals surface area contributed by atoms with Gasteiger partial charge in [-0.25, -0.2) is 18.1 Å². The van der Waals surface area contributed by atoms with Gasteiger partial charge in [-0.3, -0.25) is 0 Å². The number of halogens is 3. The normalized spacial score (nSPS) is 20.0. The molecule has 2 atom stereocenters. The first-order valence-corrected chi connectivity index (χ1v) is 11.1. The van der Waals surface area contributed by atoms with Crippen molar-refractivity contribution in [2.45, 2.75) is 28.8 Å². The van der Waals surface area contributed by atoms with Crippen molar-refractivity contribution in [1.29, 1.82) is 0 Å². The van der Waals surface area contributed by atoms with E-state index in [1.54, 1.807) is 0 Å². The van der Waals surface area contributed by atoms with Crippen LogP contribution in [0.15, 0.2) is 52.1 Å². The number of hydrogen-bond donors (Lipinski definition) is 1. The topological polar surface area (TPSA) is 59.1 Å². The molecule has 0 spiro atoms. The monoisotopic (exact) mass is 430 g/mol. The van der Waals surface area contributed by atoms with Crippen LogP contribution in [0.3, 0.4) is 0 Å². The quantitative estimate of drug-likeness (QED) is 0.637. The Balaban J connectivity index is 1.49. The van der Waals surface area contributed by atoms with Crippen LogP contribution in [0.5, 0.6) is 0 Å². The summed E-state index contributed by atoms with van der Waals surface area (Å²) in [5, 5.41) is 1.08. The van der Waals surface area contributed by atoms with Crippen molar-refractivity contribution in [2.75, 3.05) is 0 Å². The van der Waals surface area contributed by atoms with Crippen molar-refractivity contribution in [3.63, 3.8) is 0 Å². The summed E-state index contributed by atoms with van der Waals surface area (Å²) in [5.41, 5.74) is 0.113. The predicted molar refractivity (Wildman–Crippen MR) is 98.3 cm³/mol. The van der Waals surface area contributed by atoms with E-state index in [0.717, 1.165) is 40.0 Å². The average Bonchev–Trinajstić information content (AvgIpc) is 3.05. The van der Waals surface area contributed by atoms with Crippen LogP contribution in [0.4, 0.5) is 13.2 Å². The van der Waals surface area contributed by atoms with Crippen LogP contribution in [0.25, 0.3) is 9.88 Å². The molecule has 1 aliphatic carbocycles. The van der Waals surface area contributed by atoms with E-state index >= 15 is 0 Å². The molecule has 27 heavy (non-hydrogen) atoms. The van der Waals surface area contributed by atoms with Gasteiger partial charge in [-0.2, -0.15) is 13.2 Å². The van der Waals surface area contributed by atoms with E-state index < -0.39 is 21.9 Å². The van der Waals surface area contributed by atoms with E-state index in [0.29, 0.717) is 4.88 Å². The molecule has 1 saturated carbocycles. The molecule has 1 aliphatic rings. The number of nitrogens with one attached hydrogen (secondary N) is 1. The van der Waals surface area contributed by atoms with E-state index in [2.05, 4.69) is 9.71 Å². The van der Waals surface area contributed by atoms with Crippen LogP contribution in [-0.2, 0) is 16.2 Å². The molecule has 2 aromatic heterocycles. The Kier molecular flexibility index (Phi) is 4.61. The van der Waals surface area contributed by atoms with Gasteiger partial charge in [-0.05, 0) is 24.1 Å². The lowest BCUT2D eigenvalue weighted by Crippen LogP contribution is -2.26. The molecule has 0 radical (unpaired) electrons. The smallest absolute Gasteiger partial charge is 0.231 e. The molecular formula is C17H13F3N2O2S3. The summed E-state index contributed by atoms with van der Waals surface area (Å²) in [6.45, 7) is 0. The number of rotatable bonds is 5. The third-order valence-corrected chi connectivity index (χ3v) is 8.25. The first-order valence-electron chi connectivity index (χ1n) is 7.94. The number of thiophene rings is 1. The summed E-state index contributed by atoms with van der Waals surface area (Å²) in [5.74, 6) is 0.147. The predicted octanol–water partition coefficient (Wildman–Crippen LogP) is 4.72. The Hall–Kier alpha value is -1.75. The van der Waals surface area contributed by atoms with Gasteiger partial charge in [0.25, 0.3) is 0 Å². The van der Waals surface area contributed by atoms with Gasteiger partial charge in [0.05, 0.1) is 4.88 Å². The maximum atomic E-state index is 12.7. The Morgan fingerprint density at radius 2 is 1.85 bits per heavy atom. The molecule has 0 amide bonds. The summed E-state index contributed by atoms with van der Waals surface area (Å²) in [4.78, 5) is 3.96. The highest BCUT2D eigenvalue weighted by atomic mass is 32.2. The molecule has 1 N–H and O–H groups in total. The SMILES string of the molecule is O=S(=O)(N[C@H]1C[C@@H]1c1ccccc1)c1ccc(-c2nc(C(F)(F)F)cs2)s1. The fraction of sp³-hybridized carbons (Fsp3) is 0.235. The fourth-order valence-corrected chi connectivity index (χ4v) is 6.26. The van der Waals surface area contributed by atoms with Gasteiger partial charge < -0.3 is 0 Å². The summed E-state index contributed by atoms with van der Waals surface area (Å²) in [6, 6.07) is 12.4. The minimum Gasteiger partial charge on any atom is -0.231 e. The first kappa shape index (κ1) is 18.6. The zero-order valence-corrected chi connectivity index (χ0v) is 16.1. The van der Waals surface area contributed by atoms with Crippen LogP contribution in [0.1, 0.15) is 23.6 Å². The number of sulfonamides is 1. The third-order valence-electron chi connectivity index (χ3n) is 4.18. The highest BCUT2D eigenvalue weighted by molar-refractivity contribution is 7.91. The van der Waals surface area contributed by atoms with Gasteiger partial charge >= 0.3 is 6.18 Å². The molecule has 3 aromatic rings. The summed E-state index contributed by atoms with van der Waals surface area (Å²) in [6.07, 6.45) is -3.79. The molecule has 4 rings (SSSR count). The first-order chi connectivity index (χ1) is 12.7. The van der Waals surface area contributed by atoms with Crippen LogP contribution < -0.4 is 4.72 Å². The summed E-state index contributed by atoms with van der Waals surface area (Å²) < 4.78 is 65.9. The third kappa shape index (κ3) is 3.93. The van der Waals surface area contributed by atoms with E-state index in [-0.39, 0.29) is 21.2 Å². The Morgan fingerprint density at radius 3 is 2.52 bits per heavy atom. The second-order valence-electron chi connectivity index (χ2n) is 6.13. The van der Waals surface area contributed by atoms with Crippen LogP contribution in [0.2, 0.25) is 0 Å². The number of benzene rings is 1. The maximum absolute atomic E-state index is 12.7. The average molecular weight is 430 g/mol. The van der Waals surface area contributed by atoms with Crippen LogP contribution >= 0.6 is 22.7 Å². The molecule has 0 saturated heterocycles. The van der Waals surface area contributed by atoms with E-state index in [1.807, 2.05) is 30.3 Å². The lowest BCUT2D eigenvalue weighted by Gasteiger charge is -2.04. The van der Waals surface area contributed by atoms with Gasteiger partial charge in [0.15, 0.2) is 5.69 Å². The molecule has 4 nitrogen and oxygen atoms in total. The van der Waals surface area contributed by atoms with E-state index in [4.69, 9.17) is 0 Å². The van der Waals surface area contributed by atoms with Crippen molar-refractivity contribution >= 4 is 32.7 Å². The largest absolute Gasteiger partial charge is 0.434 e. The van der Waals surface area contributed by atoms with Gasteiger partial charge in [-0.15, -0.1) is 22.7 Å². The molecule has 10 heteroatoms. The molecule has 0 aliphatic heterocycles. The van der Waals surface area contributed by atoms with E-state index in [1.165, 1.54) is 12.1 Å². The minimum absolute atomic E-state index is 0.0694. The second kappa shape index (κ2) is 6.69. The van der Waals surface area contributed by atoms with Gasteiger partial charge in [0, 0.05) is 17.3 Å². The van der Waals surface area contributed by atoms with Crippen molar-refractivity contribution in [3.05, 3.63) is 59.1 Å². The van der Waals surface area contributed by atoms with E-state index in [9.17, 15) is 21.6 Å². The van der Waals surface area contributed by atoms with Crippen LogP contribution in [0, 0.1) is 0 Å². The van der Waals surface area contributed by atoms with Gasteiger partial charge in [-0.1, -0.05) is 30.3 Å². The van der Waals surface area contributed by atoms with Crippen molar-refractivity contribution < 1.29 is 21.6 Å². The summed E-state index contributed by atoms with van der Waals surface area (Å²) >= 11 is 1.76. The Morgan fingerprint density at radius 1 is 1.11 bits per heavy atom. The van der Waals surface area contributed by atoms with Crippen LogP contribution in [-0.4, -0.2) is 19.4 Å². The zero-order valence-electron chi connectivity index (χ0n) is 13.6. The molecular weight excluding hydrogens is 417 g/mol. The van der Waals surface area contributed by atoms with Gasteiger partial charge in [0.1, 0.15) is 9.22 Å². The molecule has 142 valence electrons. The standard InChI is InChI=1S/C17H13F3N2O2S3/c18-17(19,20)14-9-25-16(21-14)13-6-7-15(26-13)27(23,24)22-12-8-11(12)10-4-2-1-3-5-10/h1-7,9,11-12,22H,8H2/t11-,12+/m1/s1. The number of hydrogen-bond acceptors (Lipinski definition) is 5. The highest BCUT2D eigenvalue weighted by Crippen LogP contribution is 2.42. The molecule has 1 fully saturated rings. The second-order valence-corrected chi connectivity index (χ2v) is 10.0. The molecule has 0 unspecified atom stereocenters. The Labute approximate surface area is 161 Å².